The lowest BCUT2D eigenvalue weighted by molar-refractivity contribution is 0.100. The first-order chi connectivity index (χ1) is 12.7. The molecule has 0 aliphatic rings. The third-order valence-corrected chi connectivity index (χ3v) is 5.56. The highest BCUT2D eigenvalue weighted by Crippen LogP contribution is 2.38. The molecule has 0 fully saturated rings. The molecule has 27 heavy (non-hydrogen) atoms. The van der Waals surface area contributed by atoms with Crippen molar-refractivity contribution in [2.24, 2.45) is 5.73 Å². The van der Waals surface area contributed by atoms with Crippen LogP contribution in [0.5, 0.6) is 0 Å². The number of nitrogens with two attached hydrogens (primary N) is 1. The molecule has 0 aliphatic carbocycles. The fourth-order valence-corrected chi connectivity index (χ4v) is 4.37. The normalized spacial score (nSPS) is 11.7. The third kappa shape index (κ3) is 3.16. The van der Waals surface area contributed by atoms with Gasteiger partial charge < -0.3 is 10.6 Å². The van der Waals surface area contributed by atoms with Gasteiger partial charge in [-0.3, -0.25) is 4.79 Å². The first-order valence-electron chi connectivity index (χ1n) is 8.48. The van der Waals surface area contributed by atoms with Crippen LogP contribution in [-0.4, -0.2) is 44.3 Å². The Hall–Kier alpha value is -2.87. The number of carbonyl (C=O) groups is 1. The average Bonchev–Trinajstić information content (AvgIpc) is 3.02. The van der Waals surface area contributed by atoms with Crippen molar-refractivity contribution in [1.82, 2.24) is 9.61 Å². The van der Waals surface area contributed by atoms with Crippen LogP contribution < -0.4 is 10.6 Å². The van der Waals surface area contributed by atoms with Crippen molar-refractivity contribution < 1.29 is 13.2 Å². The van der Waals surface area contributed by atoms with Crippen LogP contribution in [0.4, 0.5) is 5.82 Å². The fraction of sp³-hybridized carbons (Fsp3) is 0.263. The molecule has 142 valence electrons. The number of anilines is 1. The van der Waals surface area contributed by atoms with Crippen molar-refractivity contribution in [3.8, 4) is 11.1 Å². The van der Waals surface area contributed by atoms with E-state index in [2.05, 4.69) is 5.10 Å². The van der Waals surface area contributed by atoms with Crippen LogP contribution >= 0.6 is 0 Å². The molecular weight excluding hydrogens is 364 g/mol. The maximum atomic E-state index is 12.8. The summed E-state index contributed by atoms with van der Waals surface area (Å²) in [7, 11) is -0.183. The van der Waals surface area contributed by atoms with Gasteiger partial charge in [-0.2, -0.15) is 0 Å². The van der Waals surface area contributed by atoms with E-state index in [1.807, 2.05) is 19.1 Å². The average molecular weight is 386 g/mol. The summed E-state index contributed by atoms with van der Waals surface area (Å²) in [5, 5.41) is 4.58. The van der Waals surface area contributed by atoms with Gasteiger partial charge in [-0.1, -0.05) is 25.1 Å². The van der Waals surface area contributed by atoms with Crippen LogP contribution in [0, 0.1) is 0 Å². The molecule has 3 rings (SSSR count). The van der Waals surface area contributed by atoms with Gasteiger partial charge >= 0.3 is 0 Å². The highest BCUT2D eigenvalue weighted by molar-refractivity contribution is 7.91. The summed E-state index contributed by atoms with van der Waals surface area (Å²) in [6.45, 7) is 2.00. The van der Waals surface area contributed by atoms with Gasteiger partial charge in [0.25, 0.3) is 0 Å². The van der Waals surface area contributed by atoms with Gasteiger partial charge in [0.2, 0.25) is 5.91 Å². The Morgan fingerprint density at radius 2 is 1.85 bits per heavy atom. The topological polar surface area (TPSA) is 97.8 Å². The van der Waals surface area contributed by atoms with E-state index in [4.69, 9.17) is 5.73 Å². The fourth-order valence-electron chi connectivity index (χ4n) is 3.23. The lowest BCUT2D eigenvalue weighted by Crippen LogP contribution is -2.20. The van der Waals surface area contributed by atoms with Gasteiger partial charge in [0, 0.05) is 37.2 Å². The van der Waals surface area contributed by atoms with E-state index in [1.165, 1.54) is 0 Å². The molecule has 0 bridgehead atoms. The SMILES string of the molecule is CCc1ccc2c(-c3ccccc3C(N)=O)c(S(C)(=O)=O)c(N(C)C)nn12. The third-order valence-electron chi connectivity index (χ3n) is 4.43. The Morgan fingerprint density at radius 1 is 1.19 bits per heavy atom. The van der Waals surface area contributed by atoms with Crippen molar-refractivity contribution in [2.45, 2.75) is 18.2 Å². The number of sulfone groups is 1. The van der Waals surface area contributed by atoms with Crippen molar-refractivity contribution in [3.63, 3.8) is 0 Å². The number of benzene rings is 1. The lowest BCUT2D eigenvalue weighted by Gasteiger charge is -2.21. The number of carbonyl (C=O) groups excluding carboxylic acids is 1. The van der Waals surface area contributed by atoms with Crippen LogP contribution in [0.25, 0.3) is 16.6 Å². The quantitative estimate of drug-likeness (QED) is 0.724. The zero-order valence-electron chi connectivity index (χ0n) is 15.7. The summed E-state index contributed by atoms with van der Waals surface area (Å²) in [5.41, 5.74) is 8.29. The molecule has 0 unspecified atom stereocenters. The molecule has 2 aromatic heterocycles. The first kappa shape index (κ1) is 18.9. The van der Waals surface area contributed by atoms with E-state index < -0.39 is 15.7 Å². The molecule has 0 spiro atoms. The van der Waals surface area contributed by atoms with E-state index in [0.717, 1.165) is 18.4 Å². The number of hydrogen-bond acceptors (Lipinski definition) is 5. The van der Waals surface area contributed by atoms with Crippen LogP contribution in [0.2, 0.25) is 0 Å². The molecule has 0 saturated heterocycles. The summed E-state index contributed by atoms with van der Waals surface area (Å²) in [5.74, 6) is -0.307. The Labute approximate surface area is 158 Å². The first-order valence-corrected chi connectivity index (χ1v) is 10.4. The Morgan fingerprint density at radius 3 is 2.41 bits per heavy atom. The molecule has 0 saturated carbocycles. The summed E-state index contributed by atoms with van der Waals surface area (Å²) >= 11 is 0. The van der Waals surface area contributed by atoms with Crippen molar-refractivity contribution in [2.75, 3.05) is 25.3 Å². The molecule has 0 radical (unpaired) electrons. The number of fused-ring (bicyclic) bond motifs is 1. The van der Waals surface area contributed by atoms with E-state index in [1.54, 1.807) is 47.8 Å². The highest BCUT2D eigenvalue weighted by Gasteiger charge is 2.28. The van der Waals surface area contributed by atoms with Crippen molar-refractivity contribution >= 4 is 27.1 Å². The van der Waals surface area contributed by atoms with Crippen LogP contribution in [0.15, 0.2) is 41.3 Å². The van der Waals surface area contributed by atoms with Gasteiger partial charge in [0.1, 0.15) is 4.90 Å². The number of nitrogens with zero attached hydrogens (tertiary/aromatic N) is 3. The molecule has 2 N–H and O–H groups in total. The van der Waals surface area contributed by atoms with Crippen molar-refractivity contribution in [3.05, 3.63) is 47.7 Å². The second-order valence-electron chi connectivity index (χ2n) is 6.58. The minimum Gasteiger partial charge on any atom is -0.366 e. The maximum absolute atomic E-state index is 12.8. The second kappa shape index (κ2) is 6.70. The number of rotatable bonds is 5. The molecule has 3 aromatic rings. The Bertz CT molecular complexity index is 1150. The highest BCUT2D eigenvalue weighted by atomic mass is 32.2. The van der Waals surface area contributed by atoms with Gasteiger partial charge in [0.05, 0.1) is 5.52 Å². The monoisotopic (exact) mass is 386 g/mol. The predicted molar refractivity (Wildman–Crippen MR) is 106 cm³/mol. The van der Waals surface area contributed by atoms with Crippen LogP contribution in [-0.2, 0) is 16.3 Å². The zero-order valence-corrected chi connectivity index (χ0v) is 16.5. The molecule has 8 heteroatoms. The number of aromatic nitrogens is 2. The van der Waals surface area contributed by atoms with Crippen molar-refractivity contribution in [1.29, 1.82) is 0 Å². The largest absolute Gasteiger partial charge is 0.366 e. The van der Waals surface area contributed by atoms with E-state index in [-0.39, 0.29) is 10.5 Å². The molecular formula is C19H22N4O3S. The second-order valence-corrected chi connectivity index (χ2v) is 8.53. The molecule has 7 nitrogen and oxygen atoms in total. The Kier molecular flexibility index (Phi) is 4.69. The Balaban J connectivity index is 2.61. The minimum absolute atomic E-state index is 0.0782. The van der Waals surface area contributed by atoms with E-state index >= 15 is 0 Å². The molecule has 2 heterocycles. The van der Waals surface area contributed by atoms with E-state index in [9.17, 15) is 13.2 Å². The number of aryl methyl sites for hydroxylation is 1. The van der Waals surface area contributed by atoms with Gasteiger partial charge in [0.15, 0.2) is 15.7 Å². The molecule has 1 amide bonds. The molecule has 0 atom stereocenters. The summed E-state index contributed by atoms with van der Waals surface area (Å²) in [6.07, 6.45) is 1.87. The van der Waals surface area contributed by atoms with E-state index in [0.29, 0.717) is 22.5 Å². The molecule has 0 aliphatic heterocycles. The van der Waals surface area contributed by atoms with Gasteiger partial charge in [-0.05, 0) is 30.2 Å². The minimum atomic E-state index is -3.66. The molecule has 1 aromatic carbocycles. The maximum Gasteiger partial charge on any atom is 0.249 e. The van der Waals surface area contributed by atoms with Crippen LogP contribution in [0.3, 0.4) is 0 Å². The number of primary amides is 1. The predicted octanol–water partition coefficient (Wildman–Crippen LogP) is 2.13. The van der Waals surface area contributed by atoms with Crippen LogP contribution in [0.1, 0.15) is 23.0 Å². The number of amides is 1. The summed E-state index contributed by atoms with van der Waals surface area (Å²) in [4.78, 5) is 13.7. The summed E-state index contributed by atoms with van der Waals surface area (Å²) in [6, 6.07) is 10.5. The van der Waals surface area contributed by atoms with Gasteiger partial charge in [-0.25, -0.2) is 12.9 Å². The zero-order chi connectivity index (χ0) is 19.9. The smallest absolute Gasteiger partial charge is 0.249 e. The lowest BCUT2D eigenvalue weighted by atomic mass is 9.99. The van der Waals surface area contributed by atoms with Gasteiger partial charge in [-0.15, -0.1) is 5.10 Å². The standard InChI is InChI=1S/C19H22N4O3S/c1-5-12-10-11-15-16(13-8-6-7-9-14(13)18(20)24)17(27(4,25)26)19(22(2)3)21-23(12)15/h6-11H,5H2,1-4H3,(H2,20,24). The number of hydrogen-bond donors (Lipinski definition) is 1. The summed E-state index contributed by atoms with van der Waals surface area (Å²) < 4.78 is 27.3.